The van der Waals surface area contributed by atoms with Gasteiger partial charge in [0.2, 0.25) is 5.88 Å². The van der Waals surface area contributed by atoms with E-state index in [1.165, 1.54) is 0 Å². The van der Waals surface area contributed by atoms with Crippen molar-refractivity contribution in [1.29, 1.82) is 0 Å². The standard InChI is InChI=1S/C9H7NO.C6H5.Co.H2O/c11-9-6-5-7-3-1-2-4-8(7)10-9;1-2-4-6-5-3-1;;/h1-6H,(H,10,11);1-5H;;1H2/q;;+1;/p-1. The molecule has 0 aliphatic carbocycles. The second-order valence-electron chi connectivity index (χ2n) is 3.71. The van der Waals surface area contributed by atoms with E-state index in [1.54, 1.807) is 6.07 Å². The van der Waals surface area contributed by atoms with E-state index in [0.717, 1.165) is 15.4 Å². The number of para-hydroxylation sites is 1. The van der Waals surface area contributed by atoms with Crippen molar-refractivity contribution in [3.8, 4) is 5.88 Å². The van der Waals surface area contributed by atoms with Crippen LogP contribution in [-0.4, -0.2) is 14.3 Å². The molecule has 19 heavy (non-hydrogen) atoms. The van der Waals surface area contributed by atoms with Gasteiger partial charge in [-0.3, -0.25) is 0 Å². The Morgan fingerprint density at radius 3 is 2.16 bits per heavy atom. The Labute approximate surface area is 117 Å². The van der Waals surface area contributed by atoms with Gasteiger partial charge >= 0.3 is 54.1 Å². The first-order valence-corrected chi connectivity index (χ1v) is 6.62. The molecule has 0 aliphatic heterocycles. The summed E-state index contributed by atoms with van der Waals surface area (Å²) in [5.41, 5.74) is 0.826. The number of rotatable bonds is 1. The number of aromatic hydroxyl groups is 1. The third-order valence-electron chi connectivity index (χ3n) is 2.39. The topological polar surface area (TPSA) is 53.4 Å². The van der Waals surface area contributed by atoms with Crippen LogP contribution in [0.15, 0.2) is 66.7 Å². The maximum absolute atomic E-state index is 9.02. The molecule has 0 fully saturated rings. The molecular weight excluding hydrogens is 285 g/mol. The molecule has 3 rings (SSSR count). The molecule has 0 saturated carbocycles. The zero-order chi connectivity index (χ0) is 13.5. The minimum absolute atomic E-state index is 0.0729. The average Bonchev–Trinajstić information content (AvgIpc) is 2.48. The molecule has 0 bridgehead atoms. The Balaban J connectivity index is 0.000000148. The van der Waals surface area contributed by atoms with Crippen molar-refractivity contribution in [1.82, 2.24) is 4.98 Å². The van der Waals surface area contributed by atoms with Gasteiger partial charge in [-0.2, -0.15) is 0 Å². The molecule has 2 aromatic carbocycles. The molecule has 0 amide bonds. The first-order valence-electron chi connectivity index (χ1n) is 5.64. The van der Waals surface area contributed by atoms with Gasteiger partial charge in [0.1, 0.15) is 0 Å². The summed E-state index contributed by atoms with van der Waals surface area (Å²) in [6.45, 7) is 0. The van der Waals surface area contributed by atoms with E-state index < -0.39 is 0 Å². The monoisotopic (exact) mass is 298 g/mol. The molecule has 0 spiro atoms. The summed E-state index contributed by atoms with van der Waals surface area (Å²) >= 11 is 0.376. The Bertz CT molecular complexity index is 644. The summed E-state index contributed by atoms with van der Waals surface area (Å²) < 4.78 is 9.44. The molecule has 0 saturated heterocycles. The van der Waals surface area contributed by atoms with Crippen molar-refractivity contribution in [2.45, 2.75) is 0 Å². The Hall–Kier alpha value is -1.88. The molecule has 1 heterocycles. The van der Waals surface area contributed by atoms with Crippen LogP contribution in [0.3, 0.4) is 0 Å². The Kier molecular flexibility index (Phi) is 4.91. The van der Waals surface area contributed by atoms with Gasteiger partial charge in [0.15, 0.2) is 0 Å². The van der Waals surface area contributed by atoms with Gasteiger partial charge in [0.05, 0.1) is 5.52 Å². The number of aromatic nitrogens is 1. The minimum atomic E-state index is 0.0729. The summed E-state index contributed by atoms with van der Waals surface area (Å²) in [6.07, 6.45) is 0. The van der Waals surface area contributed by atoms with Gasteiger partial charge in [-0.1, -0.05) is 18.2 Å². The molecule has 4 heteroatoms. The number of nitrogens with zero attached hydrogens (tertiary/aromatic N) is 1. The maximum atomic E-state index is 9.02. The molecule has 2 N–H and O–H groups in total. The van der Waals surface area contributed by atoms with Gasteiger partial charge in [0, 0.05) is 11.5 Å². The second kappa shape index (κ2) is 6.89. The first-order chi connectivity index (χ1) is 9.29. The fourth-order valence-corrected chi connectivity index (χ4v) is 1.87. The summed E-state index contributed by atoms with van der Waals surface area (Å²) in [7, 11) is 0. The fourth-order valence-electron chi connectivity index (χ4n) is 1.51. The van der Waals surface area contributed by atoms with E-state index in [1.807, 2.05) is 60.7 Å². The van der Waals surface area contributed by atoms with Crippen LogP contribution >= 0.6 is 0 Å². The van der Waals surface area contributed by atoms with Crippen molar-refractivity contribution in [2.75, 3.05) is 0 Å². The van der Waals surface area contributed by atoms with E-state index >= 15 is 0 Å². The summed E-state index contributed by atoms with van der Waals surface area (Å²) in [5.74, 6) is 0.0729. The Morgan fingerprint density at radius 2 is 1.47 bits per heavy atom. The number of hydrogen-bond acceptors (Lipinski definition) is 3. The first kappa shape index (κ1) is 13.5. The molecule has 1 aromatic heterocycles. The average molecular weight is 298 g/mol. The van der Waals surface area contributed by atoms with Crippen LogP contribution in [-0.2, 0) is 15.0 Å². The molecule has 3 aromatic rings. The third kappa shape index (κ3) is 4.06. The number of pyridine rings is 1. The van der Waals surface area contributed by atoms with Crippen LogP contribution in [0, 0.1) is 0 Å². The molecule has 3 nitrogen and oxygen atoms in total. The normalized spacial score (nSPS) is 9.95. The summed E-state index contributed by atoms with van der Waals surface area (Å²) in [6, 6.07) is 20.6. The van der Waals surface area contributed by atoms with Crippen LogP contribution in [0.1, 0.15) is 0 Å². The van der Waals surface area contributed by atoms with E-state index in [4.69, 9.17) is 9.33 Å². The van der Waals surface area contributed by atoms with Crippen molar-refractivity contribution in [2.24, 2.45) is 0 Å². The van der Waals surface area contributed by atoms with Gasteiger partial charge in [-0.15, -0.1) is 0 Å². The number of benzene rings is 2. The van der Waals surface area contributed by atoms with Crippen molar-refractivity contribution in [3.05, 3.63) is 66.7 Å². The molecule has 0 atom stereocenters. The van der Waals surface area contributed by atoms with Crippen LogP contribution in [0.2, 0.25) is 0 Å². The molecule has 0 aliphatic rings. The summed E-state index contributed by atoms with van der Waals surface area (Å²) in [4.78, 5) is 3.93. The van der Waals surface area contributed by atoms with E-state index in [9.17, 15) is 0 Å². The quantitative estimate of drug-likeness (QED) is 0.724. The zero-order valence-corrected chi connectivity index (χ0v) is 11.1. The van der Waals surface area contributed by atoms with Crippen molar-refractivity contribution in [3.63, 3.8) is 0 Å². The van der Waals surface area contributed by atoms with Gasteiger partial charge in [0.25, 0.3) is 0 Å². The zero-order valence-electron chi connectivity index (χ0n) is 10.0. The SMILES string of the molecule is Oc1ccc2ccccc2n1.[OH][Co][c]1ccccc1. The molecule has 0 radical (unpaired) electrons. The predicted octanol–water partition coefficient (Wildman–Crippen LogP) is 2.24. The predicted molar refractivity (Wildman–Crippen MR) is 71.7 cm³/mol. The molecular formula is C15H13CoNO2. The van der Waals surface area contributed by atoms with Crippen LogP contribution in [0.4, 0.5) is 0 Å². The molecule has 0 unspecified atom stereocenters. The fraction of sp³-hybridized carbons (Fsp3) is 0. The van der Waals surface area contributed by atoms with Crippen molar-refractivity contribution < 1.29 is 24.3 Å². The van der Waals surface area contributed by atoms with E-state index in [2.05, 4.69) is 4.98 Å². The van der Waals surface area contributed by atoms with Crippen LogP contribution in [0.25, 0.3) is 10.9 Å². The Morgan fingerprint density at radius 1 is 0.789 bits per heavy atom. The summed E-state index contributed by atoms with van der Waals surface area (Å²) in [5, 5.41) is 10.1. The third-order valence-corrected chi connectivity index (χ3v) is 3.00. The number of fused-ring (bicyclic) bond motifs is 1. The van der Waals surface area contributed by atoms with E-state index in [0.29, 0.717) is 15.0 Å². The van der Waals surface area contributed by atoms with Crippen LogP contribution in [0.5, 0.6) is 5.88 Å². The van der Waals surface area contributed by atoms with E-state index in [-0.39, 0.29) is 5.88 Å². The number of hydrogen-bond donors (Lipinski definition) is 2. The van der Waals surface area contributed by atoms with Crippen molar-refractivity contribution >= 4 is 15.4 Å². The second-order valence-corrected chi connectivity index (χ2v) is 4.54. The van der Waals surface area contributed by atoms with Gasteiger partial charge in [-0.25, -0.2) is 4.98 Å². The van der Waals surface area contributed by atoms with Crippen LogP contribution < -0.4 is 4.50 Å². The van der Waals surface area contributed by atoms with Gasteiger partial charge < -0.3 is 5.11 Å². The van der Waals surface area contributed by atoms with Gasteiger partial charge in [-0.05, 0) is 12.1 Å². The molecule has 99 valence electrons.